The number of amidine groups is 1. The van der Waals surface area contributed by atoms with Crippen LogP contribution in [-0.2, 0) is 9.53 Å². The van der Waals surface area contributed by atoms with Gasteiger partial charge in [0.2, 0.25) is 0 Å². The fraction of sp³-hybridized carbons (Fsp3) is 0.263. The number of hydrogen-bond acceptors (Lipinski definition) is 7. The molecule has 0 spiro atoms. The Bertz CT molecular complexity index is 884. The predicted molar refractivity (Wildman–Crippen MR) is 103 cm³/mol. The third-order valence-corrected chi connectivity index (χ3v) is 3.81. The maximum atomic E-state index is 12.1. The predicted octanol–water partition coefficient (Wildman–Crippen LogP) is 1.13. The first-order chi connectivity index (χ1) is 13.7. The molecule has 0 bridgehead atoms. The number of aromatic nitrogens is 1. The van der Waals surface area contributed by atoms with Crippen LogP contribution < -0.4 is 20.8 Å². The van der Waals surface area contributed by atoms with E-state index >= 15 is 0 Å². The molecule has 1 aliphatic heterocycles. The van der Waals surface area contributed by atoms with Crippen molar-refractivity contribution in [1.29, 1.82) is 0 Å². The molecule has 1 aromatic carbocycles. The molecular formula is C19H21N5O4. The maximum Gasteiger partial charge on any atom is 0.338 e. The molecule has 0 atom stereocenters. The third-order valence-electron chi connectivity index (χ3n) is 3.81. The minimum Gasteiger partial charge on any atom is -0.489 e. The van der Waals surface area contributed by atoms with E-state index in [-0.39, 0.29) is 12.5 Å². The van der Waals surface area contributed by atoms with Gasteiger partial charge in [0.1, 0.15) is 12.4 Å². The zero-order valence-electron chi connectivity index (χ0n) is 15.4. The Balaban J connectivity index is 1.59. The molecule has 0 fully saturated rings. The van der Waals surface area contributed by atoms with Crippen molar-refractivity contribution in [3.63, 3.8) is 0 Å². The van der Waals surface area contributed by atoms with Crippen molar-refractivity contribution in [3.8, 4) is 5.75 Å². The fourth-order valence-corrected chi connectivity index (χ4v) is 2.53. The zero-order chi connectivity index (χ0) is 19.8. The average molecular weight is 383 g/mol. The highest BCUT2D eigenvalue weighted by Gasteiger charge is 2.15. The molecule has 28 heavy (non-hydrogen) atoms. The van der Waals surface area contributed by atoms with Crippen molar-refractivity contribution >= 4 is 23.4 Å². The van der Waals surface area contributed by atoms with E-state index in [9.17, 15) is 9.59 Å². The summed E-state index contributed by atoms with van der Waals surface area (Å²) < 4.78 is 10.5. The van der Waals surface area contributed by atoms with E-state index in [0.29, 0.717) is 42.6 Å². The molecule has 0 radical (unpaired) electrons. The van der Waals surface area contributed by atoms with Gasteiger partial charge >= 0.3 is 5.97 Å². The molecule has 0 saturated heterocycles. The van der Waals surface area contributed by atoms with Crippen LogP contribution in [0.5, 0.6) is 5.75 Å². The number of carbonyl (C=O) groups is 2. The van der Waals surface area contributed by atoms with E-state index in [1.54, 1.807) is 49.6 Å². The number of nitrogens with one attached hydrogen (secondary N) is 3. The molecule has 0 unspecified atom stereocenters. The number of carbonyl (C=O) groups excluding carboxylic acids is 2. The number of hydrazone groups is 1. The Hall–Kier alpha value is -3.62. The summed E-state index contributed by atoms with van der Waals surface area (Å²) in [5.41, 5.74) is 4.28. The summed E-state index contributed by atoms with van der Waals surface area (Å²) >= 11 is 0. The molecule has 146 valence electrons. The summed E-state index contributed by atoms with van der Waals surface area (Å²) in [6, 6.07) is 8.52. The van der Waals surface area contributed by atoms with Crippen molar-refractivity contribution in [2.45, 2.75) is 6.92 Å². The number of esters is 1. The molecule has 3 rings (SSSR count). The highest BCUT2D eigenvalue weighted by Crippen LogP contribution is 2.18. The quantitative estimate of drug-likeness (QED) is 0.506. The van der Waals surface area contributed by atoms with Gasteiger partial charge in [-0.2, -0.15) is 5.10 Å². The van der Waals surface area contributed by atoms with Crippen LogP contribution in [0.1, 0.15) is 22.8 Å². The molecule has 1 aromatic heterocycles. The van der Waals surface area contributed by atoms with Crippen LogP contribution in [0.2, 0.25) is 0 Å². The van der Waals surface area contributed by atoms with Crippen LogP contribution in [0.25, 0.3) is 0 Å². The van der Waals surface area contributed by atoms with E-state index in [0.717, 1.165) is 5.56 Å². The number of hydrogen-bond donors (Lipinski definition) is 3. The van der Waals surface area contributed by atoms with Gasteiger partial charge < -0.3 is 20.1 Å². The molecule has 9 heteroatoms. The fourth-order valence-electron chi connectivity index (χ4n) is 2.53. The monoisotopic (exact) mass is 383 g/mol. The van der Waals surface area contributed by atoms with E-state index in [1.807, 2.05) is 0 Å². The lowest BCUT2D eigenvalue weighted by Gasteiger charge is -2.09. The number of fused-ring (bicyclic) bond motifs is 1. The second-order valence-corrected chi connectivity index (χ2v) is 5.80. The summed E-state index contributed by atoms with van der Waals surface area (Å²) in [6.45, 7) is 3.07. The number of benzene rings is 1. The average Bonchev–Trinajstić information content (AvgIpc) is 2.93. The minimum absolute atomic E-state index is 0.0111. The smallest absolute Gasteiger partial charge is 0.338 e. The Morgan fingerprint density at radius 2 is 2.25 bits per heavy atom. The number of ether oxygens (including phenoxy) is 2. The molecule has 2 heterocycles. The van der Waals surface area contributed by atoms with Gasteiger partial charge in [-0.05, 0) is 31.2 Å². The number of anilines is 1. The van der Waals surface area contributed by atoms with Crippen LogP contribution in [0, 0.1) is 0 Å². The summed E-state index contributed by atoms with van der Waals surface area (Å²) in [5, 5.41) is 10.2. The van der Waals surface area contributed by atoms with Gasteiger partial charge in [-0.3, -0.25) is 9.78 Å². The van der Waals surface area contributed by atoms with Gasteiger partial charge in [0.25, 0.3) is 5.91 Å². The van der Waals surface area contributed by atoms with Gasteiger partial charge in [-0.15, -0.1) is 0 Å². The molecule has 0 saturated carbocycles. The van der Waals surface area contributed by atoms with Crippen molar-refractivity contribution in [1.82, 2.24) is 15.7 Å². The Kier molecular flexibility index (Phi) is 6.40. The van der Waals surface area contributed by atoms with Crippen LogP contribution in [-0.4, -0.2) is 49.0 Å². The first kappa shape index (κ1) is 19.2. The minimum atomic E-state index is -0.406. The highest BCUT2D eigenvalue weighted by atomic mass is 16.5. The number of amides is 1. The molecule has 2 aromatic rings. The van der Waals surface area contributed by atoms with Gasteiger partial charge in [0.15, 0.2) is 5.84 Å². The SMILES string of the molecule is CCOC(=O)c1cccc(NCC(=O)N/N=C2\NCCOc3cnccc32)c1. The second-order valence-electron chi connectivity index (χ2n) is 5.80. The molecule has 3 N–H and O–H groups in total. The zero-order valence-corrected chi connectivity index (χ0v) is 15.4. The first-order valence-corrected chi connectivity index (χ1v) is 8.86. The van der Waals surface area contributed by atoms with Crippen molar-refractivity contribution in [2.24, 2.45) is 5.10 Å². The summed E-state index contributed by atoms with van der Waals surface area (Å²) in [7, 11) is 0. The first-order valence-electron chi connectivity index (χ1n) is 8.86. The Labute approximate surface area is 162 Å². The lowest BCUT2D eigenvalue weighted by Crippen LogP contribution is -2.32. The second kappa shape index (κ2) is 9.36. The summed E-state index contributed by atoms with van der Waals surface area (Å²) in [5.74, 6) is 0.371. The summed E-state index contributed by atoms with van der Waals surface area (Å²) in [4.78, 5) is 27.9. The Morgan fingerprint density at radius 1 is 1.36 bits per heavy atom. The van der Waals surface area contributed by atoms with E-state index in [1.165, 1.54) is 0 Å². The standard InChI is InChI=1S/C19H21N5O4/c1-2-27-19(26)13-4-3-5-14(10-13)22-12-17(25)23-24-18-15-6-7-20-11-16(15)28-9-8-21-18/h3-7,10-11,22H,2,8-9,12H2,1H3,(H,21,24)(H,23,25). The number of rotatable bonds is 6. The molecule has 9 nitrogen and oxygen atoms in total. The van der Waals surface area contributed by atoms with E-state index in [2.05, 4.69) is 26.1 Å². The van der Waals surface area contributed by atoms with Crippen LogP contribution in [0.15, 0.2) is 47.8 Å². The highest BCUT2D eigenvalue weighted by molar-refractivity contribution is 6.01. The Morgan fingerprint density at radius 3 is 3.11 bits per heavy atom. The molecule has 1 aliphatic rings. The van der Waals surface area contributed by atoms with Gasteiger partial charge in [0, 0.05) is 11.9 Å². The van der Waals surface area contributed by atoms with Gasteiger partial charge in [-0.25, -0.2) is 10.2 Å². The topological polar surface area (TPSA) is 114 Å². The van der Waals surface area contributed by atoms with Crippen molar-refractivity contribution < 1.29 is 19.1 Å². The normalized spacial score (nSPS) is 14.1. The lowest BCUT2D eigenvalue weighted by molar-refractivity contribution is -0.119. The van der Waals surface area contributed by atoms with Crippen molar-refractivity contribution in [3.05, 3.63) is 53.9 Å². The number of pyridine rings is 1. The molecule has 1 amide bonds. The van der Waals surface area contributed by atoms with E-state index in [4.69, 9.17) is 9.47 Å². The molecular weight excluding hydrogens is 362 g/mol. The van der Waals surface area contributed by atoms with Crippen LogP contribution in [0.3, 0.4) is 0 Å². The van der Waals surface area contributed by atoms with Gasteiger partial charge in [0.05, 0.1) is 37.0 Å². The van der Waals surface area contributed by atoms with Gasteiger partial charge in [-0.1, -0.05) is 6.07 Å². The molecule has 0 aliphatic carbocycles. The van der Waals surface area contributed by atoms with Crippen LogP contribution >= 0.6 is 0 Å². The van der Waals surface area contributed by atoms with E-state index < -0.39 is 5.97 Å². The number of nitrogens with zero attached hydrogens (tertiary/aromatic N) is 2. The summed E-state index contributed by atoms with van der Waals surface area (Å²) in [6.07, 6.45) is 3.24. The maximum absolute atomic E-state index is 12.1. The van der Waals surface area contributed by atoms with Crippen molar-refractivity contribution in [2.75, 3.05) is 31.6 Å². The van der Waals surface area contributed by atoms with Crippen LogP contribution in [0.4, 0.5) is 5.69 Å². The largest absolute Gasteiger partial charge is 0.489 e. The lowest BCUT2D eigenvalue weighted by atomic mass is 10.2. The third kappa shape index (κ3) is 4.97.